The zero-order chi connectivity index (χ0) is 12.8. The van der Waals surface area contributed by atoms with E-state index in [2.05, 4.69) is 20.3 Å². The predicted molar refractivity (Wildman–Crippen MR) is 76.8 cm³/mol. The number of hydrogen-bond donors (Lipinski definition) is 2. The number of nitrogens with one attached hydrogen (secondary N) is 1. The van der Waals surface area contributed by atoms with Crippen LogP contribution in [0.3, 0.4) is 0 Å². The molecule has 4 rings (SSSR count). The largest absolute Gasteiger partial charge is 0.308 e. The summed E-state index contributed by atoms with van der Waals surface area (Å²) in [4.78, 5) is 12.8. The lowest BCUT2D eigenvalue weighted by molar-refractivity contribution is 0.201. The fourth-order valence-electron chi connectivity index (χ4n) is 3.48. The average molecular weight is 275 g/mol. The molecule has 100 valence electrons. The zero-order valence-corrected chi connectivity index (χ0v) is 11.5. The highest BCUT2D eigenvalue weighted by Crippen LogP contribution is 2.38. The molecular weight excluding hydrogens is 258 g/mol. The molecule has 3 heterocycles. The van der Waals surface area contributed by atoms with Crippen molar-refractivity contribution >= 4 is 27.4 Å². The lowest BCUT2D eigenvalue weighted by atomic mass is 10.1. The van der Waals surface area contributed by atoms with Gasteiger partial charge in [-0.2, -0.15) is 0 Å². The number of thiophene rings is 1. The van der Waals surface area contributed by atoms with Crippen LogP contribution < -0.4 is 11.3 Å². The van der Waals surface area contributed by atoms with Crippen LogP contribution in [0.15, 0.2) is 11.4 Å². The van der Waals surface area contributed by atoms with Crippen molar-refractivity contribution in [1.82, 2.24) is 14.9 Å². The average Bonchev–Trinajstić information content (AvgIpc) is 3.12. The molecule has 1 saturated carbocycles. The Labute approximate surface area is 115 Å². The summed E-state index contributed by atoms with van der Waals surface area (Å²) in [6, 6.07) is 2.76. The summed E-state index contributed by atoms with van der Waals surface area (Å²) in [7, 11) is 0. The van der Waals surface area contributed by atoms with Gasteiger partial charge in [-0.3, -0.25) is 4.90 Å². The molecule has 1 aliphatic heterocycles. The van der Waals surface area contributed by atoms with Crippen molar-refractivity contribution in [2.24, 2.45) is 11.8 Å². The van der Waals surface area contributed by atoms with E-state index in [9.17, 15) is 0 Å². The maximum Gasteiger partial charge on any atom is 0.152 e. The molecular formula is C13H17N5S. The number of nitrogens with zero attached hydrogens (tertiary/aromatic N) is 3. The number of hydrazine groups is 1. The van der Waals surface area contributed by atoms with Crippen LogP contribution in [0.1, 0.15) is 25.1 Å². The van der Waals surface area contributed by atoms with Crippen molar-refractivity contribution in [3.05, 3.63) is 17.3 Å². The first-order valence-corrected chi connectivity index (χ1v) is 7.66. The second kappa shape index (κ2) is 4.40. The van der Waals surface area contributed by atoms with Gasteiger partial charge in [0.25, 0.3) is 0 Å². The van der Waals surface area contributed by atoms with Crippen molar-refractivity contribution in [3.8, 4) is 0 Å². The summed E-state index contributed by atoms with van der Waals surface area (Å²) < 4.78 is 0. The number of fused-ring (bicyclic) bond motifs is 3. The van der Waals surface area contributed by atoms with Crippen molar-refractivity contribution in [1.29, 1.82) is 0 Å². The van der Waals surface area contributed by atoms with E-state index in [1.165, 1.54) is 25.8 Å². The van der Waals surface area contributed by atoms with E-state index in [0.29, 0.717) is 0 Å². The van der Waals surface area contributed by atoms with E-state index in [1.54, 1.807) is 11.3 Å². The minimum Gasteiger partial charge on any atom is -0.308 e. The summed E-state index contributed by atoms with van der Waals surface area (Å²) in [6.07, 6.45) is 4.11. The summed E-state index contributed by atoms with van der Waals surface area (Å²) >= 11 is 1.64. The quantitative estimate of drug-likeness (QED) is 0.662. The number of piperidine rings is 1. The molecule has 19 heavy (non-hydrogen) atoms. The normalized spacial score (nSPS) is 26.4. The highest BCUT2D eigenvalue weighted by Gasteiger charge is 2.37. The van der Waals surface area contributed by atoms with Gasteiger partial charge in [-0.05, 0) is 36.6 Å². The van der Waals surface area contributed by atoms with E-state index in [4.69, 9.17) is 5.84 Å². The van der Waals surface area contributed by atoms with E-state index < -0.39 is 0 Å². The third-order valence-electron chi connectivity index (χ3n) is 4.38. The molecule has 1 aliphatic carbocycles. The third-order valence-corrected chi connectivity index (χ3v) is 5.18. The fourth-order valence-corrected chi connectivity index (χ4v) is 4.27. The molecule has 0 radical (unpaired) electrons. The Morgan fingerprint density at radius 1 is 1.42 bits per heavy atom. The molecule has 2 unspecified atom stereocenters. The number of nitrogens with two attached hydrogens (primary N) is 1. The fraction of sp³-hybridized carbons (Fsp3) is 0.538. The van der Waals surface area contributed by atoms with Crippen LogP contribution in [0.5, 0.6) is 0 Å². The molecule has 0 aromatic carbocycles. The van der Waals surface area contributed by atoms with Crippen molar-refractivity contribution in [3.63, 3.8) is 0 Å². The van der Waals surface area contributed by atoms with Crippen molar-refractivity contribution in [2.75, 3.05) is 12.0 Å². The second-order valence-electron chi connectivity index (χ2n) is 5.53. The molecule has 5 nitrogen and oxygen atoms in total. The summed E-state index contributed by atoms with van der Waals surface area (Å²) in [5.74, 6) is 8.09. The minimum absolute atomic E-state index is 0.741. The highest BCUT2D eigenvalue weighted by atomic mass is 32.1. The molecule has 2 aliphatic rings. The van der Waals surface area contributed by atoms with Crippen LogP contribution in [0, 0.1) is 5.92 Å². The molecule has 2 aromatic rings. The van der Waals surface area contributed by atoms with Crippen LogP contribution in [0.25, 0.3) is 10.2 Å². The first-order chi connectivity index (χ1) is 9.33. The lowest BCUT2D eigenvalue weighted by Crippen LogP contribution is -2.32. The lowest BCUT2D eigenvalue weighted by Gasteiger charge is -2.25. The number of anilines is 1. The number of hydrogen-bond acceptors (Lipinski definition) is 6. The monoisotopic (exact) mass is 275 g/mol. The Hall–Kier alpha value is -1.24. The number of nitrogen functional groups attached to an aromatic ring is 1. The third kappa shape index (κ3) is 1.91. The smallest absolute Gasteiger partial charge is 0.152 e. The molecule has 2 aromatic heterocycles. The van der Waals surface area contributed by atoms with Crippen LogP contribution in [0.2, 0.25) is 0 Å². The van der Waals surface area contributed by atoms with Gasteiger partial charge in [0.15, 0.2) is 5.82 Å². The van der Waals surface area contributed by atoms with Crippen molar-refractivity contribution < 1.29 is 0 Å². The zero-order valence-electron chi connectivity index (χ0n) is 10.7. The van der Waals surface area contributed by atoms with Crippen LogP contribution in [0.4, 0.5) is 5.82 Å². The van der Waals surface area contributed by atoms with Gasteiger partial charge in [0.1, 0.15) is 10.7 Å². The molecule has 2 bridgehead atoms. The van der Waals surface area contributed by atoms with E-state index in [-0.39, 0.29) is 0 Å². The van der Waals surface area contributed by atoms with Crippen LogP contribution in [-0.2, 0) is 6.54 Å². The standard InChI is InChI=1S/C13H17N5S/c14-17-12-10-3-4-19-13(10)16-11(15-12)7-18-6-8-1-2-9(18)5-8/h3-4,8-9H,1-2,5-7,14H2,(H,15,16,17). The topological polar surface area (TPSA) is 67.1 Å². The Balaban J connectivity index is 1.64. The van der Waals surface area contributed by atoms with Gasteiger partial charge >= 0.3 is 0 Å². The summed E-state index contributed by atoms with van der Waals surface area (Å²) in [6.45, 7) is 2.06. The van der Waals surface area contributed by atoms with E-state index in [1.807, 2.05) is 11.4 Å². The van der Waals surface area contributed by atoms with E-state index >= 15 is 0 Å². The Morgan fingerprint density at radius 3 is 3.11 bits per heavy atom. The summed E-state index contributed by atoms with van der Waals surface area (Å²) in [5, 5.41) is 3.04. The van der Waals surface area contributed by atoms with Gasteiger partial charge in [0.05, 0.1) is 11.9 Å². The molecule has 0 amide bonds. The van der Waals surface area contributed by atoms with Crippen molar-refractivity contribution in [2.45, 2.75) is 31.8 Å². The molecule has 6 heteroatoms. The van der Waals surface area contributed by atoms with Gasteiger partial charge in [0.2, 0.25) is 0 Å². The number of rotatable bonds is 3. The SMILES string of the molecule is NNc1nc(CN2CC3CCC2C3)nc2sccc12. The molecule has 2 atom stereocenters. The van der Waals surface area contributed by atoms with Gasteiger partial charge in [-0.25, -0.2) is 15.8 Å². The first kappa shape index (κ1) is 11.6. The van der Waals surface area contributed by atoms with E-state index in [0.717, 1.165) is 40.4 Å². The van der Waals surface area contributed by atoms with Crippen LogP contribution in [-0.4, -0.2) is 27.5 Å². The Kier molecular flexibility index (Phi) is 2.68. The maximum absolute atomic E-state index is 5.56. The van der Waals surface area contributed by atoms with Gasteiger partial charge in [-0.15, -0.1) is 11.3 Å². The minimum atomic E-state index is 0.741. The molecule has 3 N–H and O–H groups in total. The van der Waals surface area contributed by atoms with Gasteiger partial charge in [0, 0.05) is 12.6 Å². The first-order valence-electron chi connectivity index (χ1n) is 6.78. The highest BCUT2D eigenvalue weighted by molar-refractivity contribution is 7.16. The Morgan fingerprint density at radius 2 is 2.37 bits per heavy atom. The van der Waals surface area contributed by atoms with Gasteiger partial charge in [-0.1, -0.05) is 0 Å². The second-order valence-corrected chi connectivity index (χ2v) is 6.43. The maximum atomic E-state index is 5.56. The Bertz CT molecular complexity index is 610. The van der Waals surface area contributed by atoms with Gasteiger partial charge < -0.3 is 5.43 Å². The number of likely N-dealkylation sites (tertiary alicyclic amines) is 1. The molecule has 2 fully saturated rings. The summed E-state index contributed by atoms with van der Waals surface area (Å²) in [5.41, 5.74) is 2.69. The van der Waals surface area contributed by atoms with Crippen LogP contribution >= 0.6 is 11.3 Å². The predicted octanol–water partition coefficient (Wildman–Crippen LogP) is 1.96. The molecule has 0 spiro atoms. The molecule has 1 saturated heterocycles. The number of aromatic nitrogens is 2.